The molecule has 13 heteroatoms. The molecule has 0 unspecified atom stereocenters. The number of benzene rings is 1. The van der Waals surface area contributed by atoms with Gasteiger partial charge in [0, 0.05) is 33.2 Å². The smallest absolute Gasteiger partial charge is 0.475 e. The number of aryl methyl sites for hydroxylation is 1. The van der Waals surface area contributed by atoms with Crippen molar-refractivity contribution in [3.63, 3.8) is 0 Å². The molecule has 3 aromatic rings. The predicted molar refractivity (Wildman–Crippen MR) is 126 cm³/mol. The molecule has 1 aromatic carbocycles. The van der Waals surface area contributed by atoms with E-state index >= 15 is 0 Å². The standard InChI is InChI=1S/C21H24N6O2.C2HF3O2/c1-4-5-11-27-17-18(23-20(27)26-12-9-22-10-13-26)24-21(25(3)19(17)28)29-16-8-6-7-15(2)14-16;3-2(4,5)1(6)7/h6-8,14,22H,9-13H2,1-3H3;(H,6,7). The van der Waals surface area contributed by atoms with Crippen LogP contribution in [0.2, 0.25) is 0 Å². The summed E-state index contributed by atoms with van der Waals surface area (Å²) in [5, 5.41) is 10.5. The molecule has 0 amide bonds. The highest BCUT2D eigenvalue weighted by atomic mass is 19.4. The Hall–Kier alpha value is -4.05. The second kappa shape index (κ2) is 11.1. The number of carboxylic acids is 1. The Morgan fingerprint density at radius 2 is 1.92 bits per heavy atom. The van der Waals surface area contributed by atoms with Crippen molar-refractivity contribution in [2.24, 2.45) is 7.05 Å². The molecular weight excluding hydrogens is 481 g/mol. The monoisotopic (exact) mass is 506 g/mol. The van der Waals surface area contributed by atoms with Crippen LogP contribution in [0.15, 0.2) is 29.1 Å². The van der Waals surface area contributed by atoms with E-state index in [1.54, 1.807) is 14.0 Å². The van der Waals surface area contributed by atoms with Crippen molar-refractivity contribution >= 4 is 23.1 Å². The zero-order valence-corrected chi connectivity index (χ0v) is 19.9. The molecule has 1 saturated heterocycles. The average molecular weight is 506 g/mol. The fourth-order valence-corrected chi connectivity index (χ4v) is 3.42. The molecular formula is C23H25F3N6O4. The first kappa shape index (κ1) is 26.6. The number of hydrogen-bond donors (Lipinski definition) is 2. The largest absolute Gasteiger partial charge is 0.490 e. The van der Waals surface area contributed by atoms with Crippen LogP contribution in [0.1, 0.15) is 12.5 Å². The molecule has 0 saturated carbocycles. The van der Waals surface area contributed by atoms with Crippen molar-refractivity contribution < 1.29 is 27.8 Å². The van der Waals surface area contributed by atoms with Gasteiger partial charge in [-0.1, -0.05) is 18.1 Å². The number of anilines is 1. The number of hydrogen-bond acceptors (Lipinski definition) is 7. The minimum Gasteiger partial charge on any atom is -0.475 e. The van der Waals surface area contributed by atoms with Crippen LogP contribution in [0.3, 0.4) is 0 Å². The Balaban J connectivity index is 0.000000454. The van der Waals surface area contributed by atoms with Crippen LogP contribution in [0, 0.1) is 18.8 Å². The van der Waals surface area contributed by atoms with E-state index in [0.29, 0.717) is 23.5 Å². The molecule has 0 spiro atoms. The summed E-state index contributed by atoms with van der Waals surface area (Å²) in [5.41, 5.74) is 1.68. The Labute approximate surface area is 204 Å². The van der Waals surface area contributed by atoms with Crippen LogP contribution in [-0.4, -0.2) is 62.5 Å². The molecule has 0 atom stereocenters. The third-order valence-electron chi connectivity index (χ3n) is 5.18. The number of nitrogens with zero attached hydrogens (tertiary/aromatic N) is 5. The zero-order chi connectivity index (χ0) is 26.5. The first-order valence-corrected chi connectivity index (χ1v) is 10.9. The molecule has 1 aliphatic heterocycles. The van der Waals surface area contributed by atoms with Gasteiger partial charge in [-0.05, 0) is 31.5 Å². The van der Waals surface area contributed by atoms with E-state index in [4.69, 9.17) is 19.6 Å². The topological polar surface area (TPSA) is 115 Å². The van der Waals surface area contributed by atoms with E-state index in [-0.39, 0.29) is 11.6 Å². The number of aliphatic carboxylic acids is 1. The fraction of sp³-hybridized carbons (Fsp3) is 0.391. The van der Waals surface area contributed by atoms with Crippen molar-refractivity contribution in [1.29, 1.82) is 0 Å². The van der Waals surface area contributed by atoms with Gasteiger partial charge in [0.1, 0.15) is 5.75 Å². The van der Waals surface area contributed by atoms with Crippen LogP contribution in [0.5, 0.6) is 11.8 Å². The van der Waals surface area contributed by atoms with Gasteiger partial charge in [-0.2, -0.15) is 23.1 Å². The highest BCUT2D eigenvalue weighted by Gasteiger charge is 2.38. The van der Waals surface area contributed by atoms with Gasteiger partial charge in [-0.25, -0.2) is 4.79 Å². The van der Waals surface area contributed by atoms with Crippen molar-refractivity contribution in [1.82, 2.24) is 24.4 Å². The number of fused-ring (bicyclic) bond motifs is 1. The Kier molecular flexibility index (Phi) is 8.21. The summed E-state index contributed by atoms with van der Waals surface area (Å²) in [6, 6.07) is 7.84. The molecule has 1 aliphatic rings. The third-order valence-corrected chi connectivity index (χ3v) is 5.18. The first-order chi connectivity index (χ1) is 17.0. The second-order valence-electron chi connectivity index (χ2n) is 7.81. The highest BCUT2D eigenvalue weighted by Crippen LogP contribution is 2.24. The van der Waals surface area contributed by atoms with E-state index < -0.39 is 12.1 Å². The predicted octanol–water partition coefficient (Wildman–Crippen LogP) is 2.30. The molecule has 10 nitrogen and oxygen atoms in total. The third kappa shape index (κ3) is 6.14. The van der Waals surface area contributed by atoms with Gasteiger partial charge in [0.25, 0.3) is 5.56 Å². The van der Waals surface area contributed by atoms with Gasteiger partial charge in [0.2, 0.25) is 5.95 Å². The number of imidazole rings is 1. The summed E-state index contributed by atoms with van der Waals surface area (Å²) in [4.78, 5) is 33.5. The summed E-state index contributed by atoms with van der Waals surface area (Å²) in [6.07, 6.45) is -5.08. The minimum atomic E-state index is -5.08. The second-order valence-corrected chi connectivity index (χ2v) is 7.81. The molecule has 2 aromatic heterocycles. The quantitative estimate of drug-likeness (QED) is 0.519. The van der Waals surface area contributed by atoms with Crippen molar-refractivity contribution in [3.05, 3.63) is 40.2 Å². The number of ether oxygens (including phenoxy) is 1. The maximum absolute atomic E-state index is 13.2. The van der Waals surface area contributed by atoms with Crippen molar-refractivity contribution in [2.45, 2.75) is 26.6 Å². The van der Waals surface area contributed by atoms with Gasteiger partial charge in [-0.15, -0.1) is 5.92 Å². The summed E-state index contributed by atoms with van der Waals surface area (Å²) in [6.45, 7) is 7.53. The number of piperazine rings is 1. The molecule has 192 valence electrons. The summed E-state index contributed by atoms with van der Waals surface area (Å²) >= 11 is 0. The van der Waals surface area contributed by atoms with Gasteiger partial charge < -0.3 is 20.1 Å². The molecule has 0 bridgehead atoms. The van der Waals surface area contributed by atoms with Crippen molar-refractivity contribution in [2.75, 3.05) is 31.1 Å². The molecule has 3 heterocycles. The number of alkyl halides is 3. The Bertz CT molecular complexity index is 1360. The Morgan fingerprint density at radius 3 is 2.50 bits per heavy atom. The number of carboxylic acid groups (broad SMARTS) is 1. The lowest BCUT2D eigenvalue weighted by Gasteiger charge is -2.28. The lowest BCUT2D eigenvalue weighted by atomic mass is 10.2. The minimum absolute atomic E-state index is 0.204. The van der Waals surface area contributed by atoms with Crippen LogP contribution in [0.4, 0.5) is 19.1 Å². The number of halogens is 3. The molecule has 0 aliphatic carbocycles. The normalized spacial score (nSPS) is 13.4. The van der Waals surface area contributed by atoms with E-state index in [0.717, 1.165) is 37.7 Å². The van der Waals surface area contributed by atoms with Crippen LogP contribution >= 0.6 is 0 Å². The number of rotatable bonds is 4. The molecule has 36 heavy (non-hydrogen) atoms. The fourth-order valence-electron chi connectivity index (χ4n) is 3.42. The van der Waals surface area contributed by atoms with Crippen LogP contribution in [0.25, 0.3) is 11.2 Å². The lowest BCUT2D eigenvalue weighted by Crippen LogP contribution is -2.44. The van der Waals surface area contributed by atoms with Crippen LogP contribution in [-0.2, 0) is 18.4 Å². The molecule has 2 N–H and O–H groups in total. The number of aromatic nitrogens is 4. The van der Waals surface area contributed by atoms with Crippen molar-refractivity contribution in [3.8, 4) is 23.6 Å². The van der Waals surface area contributed by atoms with Gasteiger partial charge in [0.15, 0.2) is 11.2 Å². The lowest BCUT2D eigenvalue weighted by molar-refractivity contribution is -0.192. The first-order valence-electron chi connectivity index (χ1n) is 10.9. The van der Waals surface area contributed by atoms with E-state index in [2.05, 4.69) is 27.0 Å². The highest BCUT2D eigenvalue weighted by molar-refractivity contribution is 5.75. The zero-order valence-electron chi connectivity index (χ0n) is 19.9. The van der Waals surface area contributed by atoms with E-state index in [1.807, 2.05) is 35.8 Å². The van der Waals surface area contributed by atoms with E-state index in [9.17, 15) is 18.0 Å². The Morgan fingerprint density at radius 1 is 1.25 bits per heavy atom. The maximum atomic E-state index is 13.2. The SMILES string of the molecule is CC#CCn1c(N2CCNCC2)nc2nc(Oc3cccc(C)c3)n(C)c(=O)c21.O=C(O)C(F)(F)F. The molecule has 4 rings (SSSR count). The summed E-state index contributed by atoms with van der Waals surface area (Å²) < 4.78 is 40.9. The van der Waals surface area contributed by atoms with Gasteiger partial charge in [-0.3, -0.25) is 13.9 Å². The van der Waals surface area contributed by atoms with Gasteiger partial charge in [0.05, 0.1) is 6.54 Å². The summed E-state index contributed by atoms with van der Waals surface area (Å²) in [5.74, 6) is 4.55. The molecule has 0 radical (unpaired) electrons. The average Bonchev–Trinajstić information content (AvgIpc) is 3.19. The number of carbonyl (C=O) groups is 1. The van der Waals surface area contributed by atoms with Crippen LogP contribution < -0.4 is 20.5 Å². The molecule has 1 fully saturated rings. The maximum Gasteiger partial charge on any atom is 0.490 e. The van der Waals surface area contributed by atoms with E-state index in [1.165, 1.54) is 4.57 Å². The summed E-state index contributed by atoms with van der Waals surface area (Å²) in [7, 11) is 1.66. The van der Waals surface area contributed by atoms with Gasteiger partial charge >= 0.3 is 18.2 Å². The number of nitrogens with one attached hydrogen (secondary N) is 1.